The third-order valence-corrected chi connectivity index (χ3v) is 3.64. The zero-order valence-corrected chi connectivity index (χ0v) is 13.6. The molecule has 2 amide bonds. The maximum Gasteiger partial charge on any atom is 0.272 e. The maximum atomic E-state index is 12.2. The van der Waals surface area contributed by atoms with E-state index in [4.69, 9.17) is 0 Å². The molecule has 0 heterocycles. The molecule has 2 aromatic rings. The minimum absolute atomic E-state index is 0.0248. The van der Waals surface area contributed by atoms with Crippen LogP contribution in [0.3, 0.4) is 0 Å². The molecular weight excluding hydrogens is 310 g/mol. The molecule has 0 aromatic heterocycles. The highest BCUT2D eigenvalue weighted by Gasteiger charge is 2.14. The third kappa shape index (κ3) is 3.75. The fourth-order valence-electron chi connectivity index (χ4n) is 2.15. The summed E-state index contributed by atoms with van der Waals surface area (Å²) in [5.41, 5.74) is 2.01. The highest BCUT2D eigenvalue weighted by atomic mass is 16.6. The third-order valence-electron chi connectivity index (χ3n) is 3.64. The summed E-state index contributed by atoms with van der Waals surface area (Å²) in [7, 11) is 1.66. The highest BCUT2D eigenvalue weighted by Crippen LogP contribution is 2.21. The van der Waals surface area contributed by atoms with Gasteiger partial charge in [-0.05, 0) is 43.3 Å². The number of anilines is 2. The molecule has 0 unspecified atom stereocenters. The Morgan fingerprint density at radius 3 is 2.25 bits per heavy atom. The van der Waals surface area contributed by atoms with Gasteiger partial charge in [-0.3, -0.25) is 19.7 Å². The quantitative estimate of drug-likeness (QED) is 0.689. The standard InChI is InChI=1S/C17H17N3O4/c1-11-10-13(4-9-16(11)20(23)24)17(22)18-14-5-7-15(8-6-14)19(3)12(2)21/h4-10H,1-3H3,(H,18,22). The van der Waals surface area contributed by atoms with Gasteiger partial charge in [0, 0.05) is 42.5 Å². The fourth-order valence-corrected chi connectivity index (χ4v) is 2.15. The summed E-state index contributed by atoms with van der Waals surface area (Å²) in [6, 6.07) is 11.0. The normalized spacial score (nSPS) is 10.1. The molecule has 0 bridgehead atoms. The van der Waals surface area contributed by atoms with Crippen molar-refractivity contribution in [1.82, 2.24) is 0 Å². The molecule has 0 radical (unpaired) electrons. The van der Waals surface area contributed by atoms with Gasteiger partial charge in [-0.25, -0.2) is 0 Å². The minimum atomic E-state index is -0.485. The second kappa shape index (κ2) is 6.91. The van der Waals surface area contributed by atoms with Crippen LogP contribution in [-0.2, 0) is 4.79 Å². The average molecular weight is 327 g/mol. The maximum absolute atomic E-state index is 12.2. The summed E-state index contributed by atoms with van der Waals surface area (Å²) >= 11 is 0. The first-order valence-corrected chi connectivity index (χ1v) is 7.20. The van der Waals surface area contributed by atoms with E-state index >= 15 is 0 Å². The monoisotopic (exact) mass is 327 g/mol. The summed E-state index contributed by atoms with van der Waals surface area (Å²) in [6.45, 7) is 3.05. The number of nitrogens with one attached hydrogen (secondary N) is 1. The molecule has 7 heteroatoms. The van der Waals surface area contributed by atoms with Gasteiger partial charge in [-0.15, -0.1) is 0 Å². The van der Waals surface area contributed by atoms with Crippen LogP contribution in [0.15, 0.2) is 42.5 Å². The second-order valence-corrected chi connectivity index (χ2v) is 5.34. The van der Waals surface area contributed by atoms with Crippen molar-refractivity contribution in [1.29, 1.82) is 0 Å². The summed E-state index contributed by atoms with van der Waals surface area (Å²) in [4.78, 5) is 35.3. The number of nitro benzene ring substituents is 1. The lowest BCUT2D eigenvalue weighted by Gasteiger charge is -2.15. The molecule has 0 aliphatic carbocycles. The Balaban J connectivity index is 2.13. The predicted octanol–water partition coefficient (Wildman–Crippen LogP) is 3.14. The van der Waals surface area contributed by atoms with Gasteiger partial charge in [0.15, 0.2) is 0 Å². The molecule has 1 N–H and O–H groups in total. The van der Waals surface area contributed by atoms with Crippen LogP contribution in [0.25, 0.3) is 0 Å². The Hall–Kier alpha value is -3.22. The van der Waals surface area contributed by atoms with E-state index in [1.54, 1.807) is 38.2 Å². The number of rotatable bonds is 4. The highest BCUT2D eigenvalue weighted by molar-refractivity contribution is 6.04. The number of hydrogen-bond donors (Lipinski definition) is 1. The van der Waals surface area contributed by atoms with Crippen molar-refractivity contribution in [2.45, 2.75) is 13.8 Å². The number of hydrogen-bond acceptors (Lipinski definition) is 4. The molecule has 0 saturated carbocycles. The number of aryl methyl sites for hydroxylation is 1. The van der Waals surface area contributed by atoms with E-state index in [1.807, 2.05) is 0 Å². The van der Waals surface area contributed by atoms with E-state index in [2.05, 4.69) is 5.32 Å². The van der Waals surface area contributed by atoms with Crippen LogP contribution in [0.5, 0.6) is 0 Å². The Bertz CT molecular complexity index is 800. The predicted molar refractivity (Wildman–Crippen MR) is 91.3 cm³/mol. The van der Waals surface area contributed by atoms with Gasteiger partial charge in [-0.1, -0.05) is 0 Å². The number of nitro groups is 1. The SMILES string of the molecule is CC(=O)N(C)c1ccc(NC(=O)c2ccc([N+](=O)[O-])c(C)c2)cc1. The number of carbonyl (C=O) groups excluding carboxylic acids is 2. The summed E-state index contributed by atoms with van der Waals surface area (Å²) in [6.07, 6.45) is 0. The van der Waals surface area contributed by atoms with Crippen LogP contribution >= 0.6 is 0 Å². The van der Waals surface area contributed by atoms with Crippen molar-refractivity contribution in [3.05, 3.63) is 63.7 Å². The van der Waals surface area contributed by atoms with Gasteiger partial charge in [0.05, 0.1) is 4.92 Å². The molecule has 0 spiro atoms. The van der Waals surface area contributed by atoms with Gasteiger partial charge in [0.2, 0.25) is 5.91 Å². The van der Waals surface area contributed by atoms with Crippen LogP contribution in [0.1, 0.15) is 22.8 Å². The molecule has 2 rings (SSSR count). The largest absolute Gasteiger partial charge is 0.322 e. The van der Waals surface area contributed by atoms with Gasteiger partial charge in [-0.2, -0.15) is 0 Å². The van der Waals surface area contributed by atoms with Gasteiger partial charge < -0.3 is 10.2 Å². The Morgan fingerprint density at radius 1 is 1.12 bits per heavy atom. The average Bonchev–Trinajstić information content (AvgIpc) is 2.54. The van der Waals surface area contributed by atoms with Crippen molar-refractivity contribution in [3.63, 3.8) is 0 Å². The van der Waals surface area contributed by atoms with E-state index in [1.165, 1.54) is 30.0 Å². The van der Waals surface area contributed by atoms with Gasteiger partial charge >= 0.3 is 0 Å². The summed E-state index contributed by atoms with van der Waals surface area (Å²) < 4.78 is 0. The van der Waals surface area contributed by atoms with Crippen LogP contribution in [-0.4, -0.2) is 23.8 Å². The summed E-state index contributed by atoms with van der Waals surface area (Å²) in [5.74, 6) is -0.450. The summed E-state index contributed by atoms with van der Waals surface area (Å²) in [5, 5.41) is 13.5. The molecule has 24 heavy (non-hydrogen) atoms. The second-order valence-electron chi connectivity index (χ2n) is 5.34. The van der Waals surface area contributed by atoms with Crippen LogP contribution in [0.2, 0.25) is 0 Å². The van der Waals surface area contributed by atoms with E-state index in [0.29, 0.717) is 22.5 Å². The minimum Gasteiger partial charge on any atom is -0.322 e. The lowest BCUT2D eigenvalue weighted by molar-refractivity contribution is -0.385. The van der Waals surface area contributed by atoms with Gasteiger partial charge in [0.25, 0.3) is 11.6 Å². The molecule has 7 nitrogen and oxygen atoms in total. The molecule has 0 aliphatic rings. The van der Waals surface area contributed by atoms with E-state index in [-0.39, 0.29) is 17.5 Å². The Kier molecular flexibility index (Phi) is 4.93. The fraction of sp³-hybridized carbons (Fsp3) is 0.176. The van der Waals surface area contributed by atoms with Gasteiger partial charge in [0.1, 0.15) is 0 Å². The van der Waals surface area contributed by atoms with E-state index in [0.717, 1.165) is 0 Å². The number of amides is 2. The number of nitrogens with zero attached hydrogens (tertiary/aromatic N) is 2. The molecule has 0 atom stereocenters. The lowest BCUT2D eigenvalue weighted by atomic mass is 10.1. The van der Waals surface area contributed by atoms with Crippen molar-refractivity contribution in [2.24, 2.45) is 0 Å². The first kappa shape index (κ1) is 17.1. The van der Waals surface area contributed by atoms with Crippen molar-refractivity contribution >= 4 is 28.9 Å². The van der Waals surface area contributed by atoms with Crippen molar-refractivity contribution in [2.75, 3.05) is 17.3 Å². The first-order valence-electron chi connectivity index (χ1n) is 7.20. The van der Waals surface area contributed by atoms with Crippen LogP contribution < -0.4 is 10.2 Å². The molecule has 0 saturated heterocycles. The first-order chi connectivity index (χ1) is 11.3. The zero-order chi connectivity index (χ0) is 17.9. The Labute approximate surface area is 139 Å². The molecule has 0 aliphatic heterocycles. The number of benzene rings is 2. The molecule has 2 aromatic carbocycles. The van der Waals surface area contributed by atoms with Crippen molar-refractivity contribution < 1.29 is 14.5 Å². The molecule has 124 valence electrons. The topological polar surface area (TPSA) is 92.6 Å². The molecular formula is C17H17N3O4. The zero-order valence-electron chi connectivity index (χ0n) is 13.6. The smallest absolute Gasteiger partial charge is 0.272 e. The van der Waals surface area contributed by atoms with Crippen molar-refractivity contribution in [3.8, 4) is 0 Å². The van der Waals surface area contributed by atoms with Crippen LogP contribution in [0, 0.1) is 17.0 Å². The van der Waals surface area contributed by atoms with E-state index < -0.39 is 4.92 Å². The van der Waals surface area contributed by atoms with Crippen LogP contribution in [0.4, 0.5) is 17.1 Å². The molecule has 0 fully saturated rings. The number of carbonyl (C=O) groups is 2. The Morgan fingerprint density at radius 2 is 1.75 bits per heavy atom. The lowest BCUT2D eigenvalue weighted by Crippen LogP contribution is -2.22. The van der Waals surface area contributed by atoms with E-state index in [9.17, 15) is 19.7 Å².